The zero-order valence-corrected chi connectivity index (χ0v) is 10.1. The number of rotatable bonds is 3. The van der Waals surface area contributed by atoms with E-state index in [1.165, 1.54) is 6.92 Å². The van der Waals surface area contributed by atoms with Crippen molar-refractivity contribution in [3.05, 3.63) is 0 Å². The molecular weight excluding hydrogens is 280 g/mol. The molecule has 0 bridgehead atoms. The van der Waals surface area contributed by atoms with Crippen LogP contribution in [-0.4, -0.2) is 57.5 Å². The molecule has 8 N–H and O–H groups in total. The number of aliphatic carboxylic acids is 3. The van der Waals surface area contributed by atoms with Crippen molar-refractivity contribution in [1.29, 1.82) is 0 Å². The third-order valence-corrected chi connectivity index (χ3v) is 0.707. The molecule has 17 heavy (non-hydrogen) atoms. The van der Waals surface area contributed by atoms with Crippen LogP contribution in [0.5, 0.6) is 0 Å². The summed E-state index contributed by atoms with van der Waals surface area (Å²) in [6.45, 7) is 0.641. The van der Waals surface area contributed by atoms with Crippen molar-refractivity contribution in [2.75, 3.05) is 13.1 Å². The van der Waals surface area contributed by atoms with E-state index >= 15 is 0 Å². The van der Waals surface area contributed by atoms with E-state index in [9.17, 15) is 14.4 Å². The van der Waals surface area contributed by atoms with Crippen molar-refractivity contribution in [2.24, 2.45) is 11.5 Å². The second-order valence-corrected chi connectivity index (χ2v) is 2.21. The summed E-state index contributed by atoms with van der Waals surface area (Å²) in [4.78, 5) is 27.9. The largest absolute Gasteiger partial charge is 0.480 e. The SMILES string of the molecule is CC(O)C(=O)O.NCC(=O)O.NCC(=O)O.[Fe]. The molecule has 0 fully saturated rings. The Morgan fingerprint density at radius 2 is 1.12 bits per heavy atom. The minimum absolute atomic E-state index is 0. The van der Waals surface area contributed by atoms with Crippen LogP contribution < -0.4 is 11.5 Å². The smallest absolute Gasteiger partial charge is 0.332 e. The maximum absolute atomic E-state index is 9.45. The number of nitrogens with two attached hydrogens (primary N) is 2. The van der Waals surface area contributed by atoms with Crippen LogP contribution in [0.4, 0.5) is 0 Å². The molecule has 104 valence electrons. The van der Waals surface area contributed by atoms with Crippen LogP contribution in [0, 0.1) is 0 Å². The van der Waals surface area contributed by atoms with Crippen LogP contribution >= 0.6 is 0 Å². The number of hydrogen-bond donors (Lipinski definition) is 6. The van der Waals surface area contributed by atoms with Gasteiger partial charge in [-0.3, -0.25) is 9.59 Å². The van der Waals surface area contributed by atoms with Gasteiger partial charge in [0.05, 0.1) is 13.1 Å². The van der Waals surface area contributed by atoms with Crippen molar-refractivity contribution >= 4 is 17.9 Å². The molecule has 1 unspecified atom stereocenters. The van der Waals surface area contributed by atoms with E-state index in [2.05, 4.69) is 11.5 Å². The summed E-state index contributed by atoms with van der Waals surface area (Å²) in [6.07, 6.45) is -1.23. The van der Waals surface area contributed by atoms with Crippen LogP contribution in [0.25, 0.3) is 0 Å². The Bertz CT molecular complexity index is 208. The van der Waals surface area contributed by atoms with Crippen LogP contribution in [0.1, 0.15) is 6.92 Å². The van der Waals surface area contributed by atoms with E-state index in [0.717, 1.165) is 0 Å². The van der Waals surface area contributed by atoms with Crippen molar-refractivity contribution in [3.8, 4) is 0 Å². The molecule has 0 saturated carbocycles. The summed E-state index contributed by atoms with van der Waals surface area (Å²) in [5.74, 6) is -3.12. The van der Waals surface area contributed by atoms with E-state index in [1.54, 1.807) is 0 Å². The van der Waals surface area contributed by atoms with Crippen molar-refractivity contribution < 1.29 is 51.9 Å². The summed E-state index contributed by atoms with van der Waals surface area (Å²) in [7, 11) is 0. The van der Waals surface area contributed by atoms with Crippen LogP contribution in [0.2, 0.25) is 0 Å². The normalized spacial score (nSPS) is 9.18. The van der Waals surface area contributed by atoms with Crippen LogP contribution in [-0.2, 0) is 31.5 Å². The molecule has 0 heterocycles. The Balaban J connectivity index is -0.0000000729. The number of aliphatic hydroxyl groups excluding tert-OH is 1. The molecule has 0 aliphatic carbocycles. The molecule has 0 radical (unpaired) electrons. The molecule has 0 aromatic heterocycles. The summed E-state index contributed by atoms with van der Waals surface area (Å²) >= 11 is 0. The molecule has 0 aliphatic heterocycles. The fraction of sp³-hybridized carbons (Fsp3) is 0.571. The zero-order valence-electron chi connectivity index (χ0n) is 9.01. The Morgan fingerprint density at radius 3 is 1.12 bits per heavy atom. The molecule has 1 atom stereocenters. The Kier molecular flexibility index (Phi) is 25.2. The van der Waals surface area contributed by atoms with Gasteiger partial charge in [0.2, 0.25) is 0 Å². The fourth-order valence-corrected chi connectivity index (χ4v) is 0. The van der Waals surface area contributed by atoms with E-state index in [0.29, 0.717) is 0 Å². The maximum Gasteiger partial charge on any atom is 0.332 e. The first-order valence-corrected chi connectivity index (χ1v) is 3.93. The fourth-order valence-electron chi connectivity index (χ4n) is 0. The van der Waals surface area contributed by atoms with Gasteiger partial charge in [-0.15, -0.1) is 0 Å². The molecule has 0 saturated heterocycles. The average Bonchev–Trinajstić information content (AvgIpc) is 2.19. The predicted molar refractivity (Wildman–Crippen MR) is 52.7 cm³/mol. The second-order valence-electron chi connectivity index (χ2n) is 2.21. The standard InChI is InChI=1S/C3H6O3.2C2H5NO2.Fe/c1-2(4)3(5)6;2*3-1-2(4)5;/h2,4H,1H3,(H,5,6);2*1,3H2,(H,4,5);. The number of carboxylic acids is 3. The van der Waals surface area contributed by atoms with Gasteiger partial charge in [0.15, 0.2) is 0 Å². The van der Waals surface area contributed by atoms with Gasteiger partial charge in [-0.25, -0.2) is 4.79 Å². The first-order valence-electron chi connectivity index (χ1n) is 3.93. The molecule has 9 nitrogen and oxygen atoms in total. The third-order valence-electron chi connectivity index (χ3n) is 0.707. The summed E-state index contributed by atoms with van der Waals surface area (Å²) in [5.41, 5.74) is 9.14. The molecule has 0 aliphatic rings. The van der Waals surface area contributed by atoms with Gasteiger partial charge in [-0.1, -0.05) is 0 Å². The molecule has 0 aromatic rings. The Morgan fingerprint density at radius 1 is 1.00 bits per heavy atom. The predicted octanol–water partition coefficient (Wildman–Crippen LogP) is -2.49. The summed E-state index contributed by atoms with van der Waals surface area (Å²) < 4.78 is 0. The number of aliphatic hydroxyl groups is 1. The Labute approximate surface area is 108 Å². The monoisotopic (exact) mass is 296 g/mol. The quantitative estimate of drug-likeness (QED) is 0.306. The molecule has 0 rings (SSSR count). The van der Waals surface area contributed by atoms with Gasteiger partial charge < -0.3 is 31.9 Å². The number of hydrogen-bond acceptors (Lipinski definition) is 6. The second kappa shape index (κ2) is 17.2. The third kappa shape index (κ3) is 52.4. The molecule has 0 spiro atoms. The minimum atomic E-state index is -1.23. The van der Waals surface area contributed by atoms with Gasteiger partial charge in [-0.05, 0) is 6.92 Å². The topological polar surface area (TPSA) is 184 Å². The summed E-state index contributed by atoms with van der Waals surface area (Å²) in [6, 6.07) is 0. The van der Waals surface area contributed by atoms with Gasteiger partial charge in [0.25, 0.3) is 0 Å². The van der Waals surface area contributed by atoms with Crippen LogP contribution in [0.15, 0.2) is 0 Å². The van der Waals surface area contributed by atoms with E-state index in [1.807, 2.05) is 0 Å². The van der Waals surface area contributed by atoms with Gasteiger partial charge in [-0.2, -0.15) is 0 Å². The minimum Gasteiger partial charge on any atom is -0.480 e. The Hall–Kier alpha value is -1.19. The van der Waals surface area contributed by atoms with E-state index in [-0.39, 0.29) is 30.2 Å². The van der Waals surface area contributed by atoms with E-state index in [4.69, 9.17) is 20.4 Å². The molecule has 0 aromatic carbocycles. The number of carboxylic acid groups (broad SMARTS) is 3. The van der Waals surface area contributed by atoms with Crippen LogP contribution in [0.3, 0.4) is 0 Å². The van der Waals surface area contributed by atoms with Gasteiger partial charge in [0.1, 0.15) is 6.10 Å². The average molecular weight is 296 g/mol. The van der Waals surface area contributed by atoms with Crippen molar-refractivity contribution in [3.63, 3.8) is 0 Å². The first-order chi connectivity index (χ1) is 7.18. The van der Waals surface area contributed by atoms with Gasteiger partial charge in [0, 0.05) is 17.1 Å². The van der Waals surface area contributed by atoms with Crippen molar-refractivity contribution in [2.45, 2.75) is 13.0 Å². The van der Waals surface area contributed by atoms with E-state index < -0.39 is 24.0 Å². The zero-order chi connectivity index (χ0) is 13.7. The maximum atomic E-state index is 9.45. The first kappa shape index (κ1) is 24.9. The van der Waals surface area contributed by atoms with Crippen molar-refractivity contribution in [1.82, 2.24) is 0 Å². The summed E-state index contributed by atoms with van der Waals surface area (Å²) in [5, 5.41) is 31.0. The molecule has 0 amide bonds. The number of carbonyl (C=O) groups is 3. The van der Waals surface area contributed by atoms with Gasteiger partial charge >= 0.3 is 17.9 Å². The molecule has 10 heteroatoms. The molecular formula is C7H16FeN2O7.